The van der Waals surface area contributed by atoms with Gasteiger partial charge in [-0.25, -0.2) is 0 Å². The van der Waals surface area contributed by atoms with Crippen LogP contribution in [0, 0.1) is 5.41 Å². The summed E-state index contributed by atoms with van der Waals surface area (Å²) in [5, 5.41) is 12.1. The normalized spacial score (nSPS) is 23.8. The summed E-state index contributed by atoms with van der Waals surface area (Å²) in [6.07, 6.45) is 1.35. The number of aliphatic carboxylic acids is 1. The van der Waals surface area contributed by atoms with Crippen molar-refractivity contribution in [3.05, 3.63) is 23.8 Å². The maximum atomic E-state index is 12.4. The summed E-state index contributed by atoms with van der Waals surface area (Å²) in [5.74, 6) is -0.795. The lowest BCUT2D eigenvalue weighted by Gasteiger charge is -2.38. The van der Waals surface area contributed by atoms with E-state index in [9.17, 15) is 14.7 Å². The molecule has 0 aromatic heterocycles. The third-order valence-electron chi connectivity index (χ3n) is 4.39. The maximum Gasteiger partial charge on any atom is 0.319 e. The van der Waals surface area contributed by atoms with Crippen LogP contribution in [-0.2, 0) is 9.59 Å². The Morgan fingerprint density at radius 1 is 1.36 bits per heavy atom. The van der Waals surface area contributed by atoms with Crippen LogP contribution in [0.5, 0.6) is 5.75 Å². The van der Waals surface area contributed by atoms with Crippen LogP contribution in [0.4, 0.5) is 5.69 Å². The van der Waals surface area contributed by atoms with E-state index in [0.29, 0.717) is 30.7 Å². The van der Waals surface area contributed by atoms with E-state index >= 15 is 0 Å². The Morgan fingerprint density at radius 2 is 2.05 bits per heavy atom. The van der Waals surface area contributed by atoms with Gasteiger partial charge in [0.15, 0.2) is 0 Å². The van der Waals surface area contributed by atoms with E-state index in [0.717, 1.165) is 5.56 Å². The summed E-state index contributed by atoms with van der Waals surface area (Å²) in [6, 6.07) is 5.01. The Hall–Kier alpha value is -2.24. The zero-order chi connectivity index (χ0) is 16.1. The first-order valence-corrected chi connectivity index (χ1v) is 7.36. The average molecular weight is 304 g/mol. The molecule has 1 aromatic carbocycles. The quantitative estimate of drug-likeness (QED) is 0.584. The lowest BCUT2D eigenvalue weighted by molar-refractivity contribution is -0.149. The number of nitrogens with two attached hydrogens (primary N) is 1. The number of hydrogen-bond donors (Lipinski definition) is 3. The lowest BCUT2D eigenvalue weighted by Crippen LogP contribution is -2.45. The third-order valence-corrected chi connectivity index (χ3v) is 4.39. The number of nitrogen functional groups attached to an aromatic ring is 1. The molecule has 1 aliphatic carbocycles. The predicted molar refractivity (Wildman–Crippen MR) is 80.4 cm³/mol. The van der Waals surface area contributed by atoms with Crippen molar-refractivity contribution >= 4 is 17.6 Å². The minimum absolute atomic E-state index is 0.299. The van der Waals surface area contributed by atoms with Crippen molar-refractivity contribution < 1.29 is 19.4 Å². The number of carbonyl (C=O) groups is 2. The second-order valence-corrected chi connectivity index (χ2v) is 6.78. The molecule has 0 unspecified atom stereocenters. The van der Waals surface area contributed by atoms with E-state index in [4.69, 9.17) is 10.5 Å². The molecule has 1 aliphatic heterocycles. The lowest BCUT2D eigenvalue weighted by atomic mass is 9.89. The maximum absolute atomic E-state index is 12.4. The van der Waals surface area contributed by atoms with Crippen LogP contribution < -0.4 is 15.8 Å². The smallest absolute Gasteiger partial charge is 0.319 e. The van der Waals surface area contributed by atoms with Gasteiger partial charge < -0.3 is 20.9 Å². The first-order chi connectivity index (χ1) is 10.2. The SMILES string of the molecule is CC1(C)C[C@@H](NC(=O)C2(C(=O)O)CC2)c2cc(N)ccc2O1. The van der Waals surface area contributed by atoms with Crippen LogP contribution in [0.2, 0.25) is 0 Å². The molecule has 0 saturated heterocycles. The molecule has 6 nitrogen and oxygen atoms in total. The van der Waals surface area contributed by atoms with Crippen LogP contribution in [0.3, 0.4) is 0 Å². The van der Waals surface area contributed by atoms with E-state index in [1.807, 2.05) is 13.8 Å². The van der Waals surface area contributed by atoms with Crippen LogP contribution in [0.15, 0.2) is 18.2 Å². The number of ether oxygens (including phenoxy) is 1. The molecule has 22 heavy (non-hydrogen) atoms. The first kappa shape index (κ1) is 14.7. The zero-order valence-corrected chi connectivity index (χ0v) is 12.7. The third kappa shape index (κ3) is 2.38. The molecule has 6 heteroatoms. The number of hydrogen-bond acceptors (Lipinski definition) is 4. The van der Waals surface area contributed by atoms with E-state index < -0.39 is 22.9 Å². The highest BCUT2D eigenvalue weighted by molar-refractivity contribution is 6.05. The minimum Gasteiger partial charge on any atom is -0.487 e. The van der Waals surface area contributed by atoms with Gasteiger partial charge in [-0.2, -0.15) is 0 Å². The van der Waals surface area contributed by atoms with Gasteiger partial charge in [0, 0.05) is 17.7 Å². The summed E-state index contributed by atoms with van der Waals surface area (Å²) in [5.41, 5.74) is 5.52. The van der Waals surface area contributed by atoms with Gasteiger partial charge in [-0.05, 0) is 44.9 Å². The van der Waals surface area contributed by atoms with E-state index in [2.05, 4.69) is 5.32 Å². The second-order valence-electron chi connectivity index (χ2n) is 6.78. The molecular weight excluding hydrogens is 284 g/mol. The molecule has 4 N–H and O–H groups in total. The van der Waals surface area contributed by atoms with Gasteiger partial charge in [-0.1, -0.05) is 0 Å². The monoisotopic (exact) mass is 304 g/mol. The van der Waals surface area contributed by atoms with Crippen LogP contribution in [0.1, 0.15) is 44.7 Å². The van der Waals surface area contributed by atoms with Gasteiger partial charge in [-0.15, -0.1) is 0 Å². The summed E-state index contributed by atoms with van der Waals surface area (Å²) < 4.78 is 5.91. The number of anilines is 1. The molecule has 1 amide bonds. The fraction of sp³-hybridized carbons (Fsp3) is 0.500. The highest BCUT2D eigenvalue weighted by Gasteiger charge is 2.57. The number of amides is 1. The Morgan fingerprint density at radius 3 is 2.64 bits per heavy atom. The van der Waals surface area contributed by atoms with Crippen molar-refractivity contribution in [3.8, 4) is 5.75 Å². The van der Waals surface area contributed by atoms with Gasteiger partial charge >= 0.3 is 5.97 Å². The standard InChI is InChI=1S/C16H20N2O4/c1-15(2)8-11(10-7-9(17)3-4-12(10)22-15)18-13(19)16(5-6-16)14(20)21/h3-4,7,11H,5-6,8,17H2,1-2H3,(H,18,19)(H,20,21)/t11-/m1/s1. The van der Waals surface area contributed by atoms with Crippen LogP contribution in [0.25, 0.3) is 0 Å². The Bertz CT molecular complexity index is 650. The van der Waals surface area contributed by atoms with Crippen molar-refractivity contribution in [1.82, 2.24) is 5.32 Å². The highest BCUT2D eigenvalue weighted by atomic mass is 16.5. The van der Waals surface area contributed by atoms with Gasteiger partial charge in [0.05, 0.1) is 6.04 Å². The number of carboxylic acid groups (broad SMARTS) is 1. The Labute approximate surface area is 128 Å². The molecule has 0 bridgehead atoms. The zero-order valence-electron chi connectivity index (χ0n) is 12.7. The summed E-state index contributed by atoms with van der Waals surface area (Å²) in [7, 11) is 0. The van der Waals surface area contributed by atoms with Gasteiger partial charge in [0.1, 0.15) is 16.8 Å². The number of benzene rings is 1. The van der Waals surface area contributed by atoms with Crippen molar-refractivity contribution in [2.45, 2.75) is 44.8 Å². The van der Waals surface area contributed by atoms with Gasteiger partial charge in [-0.3, -0.25) is 9.59 Å². The number of rotatable bonds is 3. The molecule has 1 fully saturated rings. The summed E-state index contributed by atoms with van der Waals surface area (Å²) >= 11 is 0. The molecule has 1 heterocycles. The number of carboxylic acids is 1. The highest BCUT2D eigenvalue weighted by Crippen LogP contribution is 2.47. The Kier molecular flexibility index (Phi) is 3.09. The number of carbonyl (C=O) groups excluding carboxylic acids is 1. The summed E-state index contributed by atoms with van der Waals surface area (Å²) in [4.78, 5) is 23.7. The molecule has 118 valence electrons. The minimum atomic E-state index is -1.25. The fourth-order valence-electron chi connectivity index (χ4n) is 2.96. The molecular formula is C16H20N2O4. The molecule has 0 radical (unpaired) electrons. The average Bonchev–Trinajstić information content (AvgIpc) is 3.20. The Balaban J connectivity index is 1.89. The van der Waals surface area contributed by atoms with Crippen molar-refractivity contribution in [3.63, 3.8) is 0 Å². The molecule has 1 aromatic rings. The topological polar surface area (TPSA) is 102 Å². The van der Waals surface area contributed by atoms with Crippen LogP contribution in [-0.4, -0.2) is 22.6 Å². The molecule has 3 rings (SSSR count). The molecule has 1 saturated carbocycles. The van der Waals surface area contributed by atoms with Crippen molar-refractivity contribution in [2.24, 2.45) is 5.41 Å². The fourth-order valence-corrected chi connectivity index (χ4v) is 2.96. The van der Waals surface area contributed by atoms with Crippen LogP contribution >= 0.6 is 0 Å². The second kappa shape index (κ2) is 4.63. The van der Waals surface area contributed by atoms with E-state index in [-0.39, 0.29) is 6.04 Å². The first-order valence-electron chi connectivity index (χ1n) is 7.36. The number of fused-ring (bicyclic) bond motifs is 1. The number of nitrogens with one attached hydrogen (secondary N) is 1. The molecule has 2 aliphatic rings. The molecule has 1 atom stereocenters. The predicted octanol–water partition coefficient (Wildman–Crippen LogP) is 1.85. The van der Waals surface area contributed by atoms with Crippen molar-refractivity contribution in [1.29, 1.82) is 0 Å². The van der Waals surface area contributed by atoms with Gasteiger partial charge in [0.25, 0.3) is 0 Å². The molecule has 0 spiro atoms. The van der Waals surface area contributed by atoms with Crippen molar-refractivity contribution in [2.75, 3.05) is 5.73 Å². The van der Waals surface area contributed by atoms with E-state index in [1.165, 1.54) is 0 Å². The summed E-state index contributed by atoms with van der Waals surface area (Å²) in [6.45, 7) is 3.88. The van der Waals surface area contributed by atoms with E-state index in [1.54, 1.807) is 18.2 Å². The largest absolute Gasteiger partial charge is 0.487 e. The van der Waals surface area contributed by atoms with Gasteiger partial charge in [0.2, 0.25) is 5.91 Å².